The number of hydrogen-bond acceptors (Lipinski definition) is 4. The molecular weight excluding hydrogens is 421 g/mol. The monoisotopic (exact) mass is 437 g/mol. The lowest BCUT2D eigenvalue weighted by molar-refractivity contribution is -0.122. The molecule has 0 fully saturated rings. The second kappa shape index (κ2) is 8.62. The van der Waals surface area contributed by atoms with E-state index in [0.29, 0.717) is 21.6 Å². The fraction of sp³-hybridized carbons (Fsp3) is 0.0833. The predicted molar refractivity (Wildman–Crippen MR) is 116 cm³/mol. The molecule has 0 aliphatic carbocycles. The fourth-order valence-corrected chi connectivity index (χ4v) is 3.20. The number of furan rings is 1. The number of carbonyl (C=O) groups is 2. The highest BCUT2D eigenvalue weighted by molar-refractivity contribution is 6.30. The summed E-state index contributed by atoms with van der Waals surface area (Å²) in [6, 6.07) is 19.1. The van der Waals surface area contributed by atoms with E-state index in [1.54, 1.807) is 54.6 Å². The van der Waals surface area contributed by atoms with Gasteiger partial charge in [-0.2, -0.15) is 0 Å². The first kappa shape index (κ1) is 20.6. The van der Waals surface area contributed by atoms with Gasteiger partial charge in [0.15, 0.2) is 23.4 Å². The molecule has 4 rings (SSSR count). The summed E-state index contributed by atoms with van der Waals surface area (Å²) in [5.74, 6) is -1.60. The molecule has 31 heavy (non-hydrogen) atoms. The van der Waals surface area contributed by atoms with Crippen molar-refractivity contribution in [3.63, 3.8) is 0 Å². The van der Waals surface area contributed by atoms with Crippen molar-refractivity contribution in [3.8, 4) is 5.75 Å². The first-order valence-electron chi connectivity index (χ1n) is 9.48. The average Bonchev–Trinajstić information content (AvgIpc) is 3.13. The number of nitrogens with one attached hydrogen (secondary N) is 1. The smallest absolute Gasteiger partial charge is 0.265 e. The summed E-state index contributed by atoms with van der Waals surface area (Å²) in [4.78, 5) is 25.9. The lowest BCUT2D eigenvalue weighted by Gasteiger charge is -2.15. The molecule has 1 aromatic heterocycles. The molecule has 0 bridgehead atoms. The molecule has 0 unspecified atom stereocenters. The van der Waals surface area contributed by atoms with Crippen molar-refractivity contribution in [1.82, 2.24) is 0 Å². The van der Waals surface area contributed by atoms with Crippen LogP contribution >= 0.6 is 11.6 Å². The fourth-order valence-electron chi connectivity index (χ4n) is 3.07. The lowest BCUT2D eigenvalue weighted by atomic mass is 10.1. The molecule has 0 radical (unpaired) electrons. The lowest BCUT2D eigenvalue weighted by Crippen LogP contribution is -2.30. The molecule has 4 aromatic rings. The van der Waals surface area contributed by atoms with Gasteiger partial charge in [0.1, 0.15) is 5.58 Å². The van der Waals surface area contributed by atoms with Crippen LogP contribution in [0.15, 0.2) is 77.2 Å². The quantitative estimate of drug-likeness (QED) is 0.383. The van der Waals surface area contributed by atoms with Gasteiger partial charge in [0.05, 0.1) is 5.69 Å². The van der Waals surface area contributed by atoms with E-state index in [0.717, 1.165) is 0 Å². The molecule has 5 nitrogen and oxygen atoms in total. The van der Waals surface area contributed by atoms with E-state index in [-0.39, 0.29) is 17.2 Å². The van der Waals surface area contributed by atoms with Crippen LogP contribution in [0.5, 0.6) is 5.75 Å². The third-order valence-electron chi connectivity index (χ3n) is 4.67. The molecule has 1 atom stereocenters. The molecule has 0 saturated carbocycles. The van der Waals surface area contributed by atoms with Crippen molar-refractivity contribution in [3.05, 3.63) is 95.0 Å². The van der Waals surface area contributed by atoms with Crippen LogP contribution < -0.4 is 10.1 Å². The second-order valence-electron chi connectivity index (χ2n) is 6.82. The first-order chi connectivity index (χ1) is 14.9. The summed E-state index contributed by atoms with van der Waals surface area (Å²) in [6.07, 6.45) is -1.02. The standard InChI is InChI=1S/C24H17ClFNO4/c1-14(30-20-9-5-3-7-18(20)26)24(29)27-21-17-6-2-4-8-19(17)31-23(21)22(28)15-10-12-16(25)13-11-15/h2-14H,1H3,(H,27,29)/t14-/m1/s1. The zero-order valence-corrected chi connectivity index (χ0v) is 17.2. The van der Waals surface area contributed by atoms with Crippen LogP contribution in [0.25, 0.3) is 11.0 Å². The van der Waals surface area contributed by atoms with E-state index in [4.69, 9.17) is 20.8 Å². The maximum Gasteiger partial charge on any atom is 0.265 e. The van der Waals surface area contributed by atoms with Crippen LogP contribution in [-0.2, 0) is 4.79 Å². The summed E-state index contributed by atoms with van der Waals surface area (Å²) in [7, 11) is 0. The largest absolute Gasteiger partial charge is 0.478 e. The van der Waals surface area contributed by atoms with Crippen molar-refractivity contribution in [2.45, 2.75) is 13.0 Å². The minimum atomic E-state index is -1.02. The van der Waals surface area contributed by atoms with Gasteiger partial charge in [-0.3, -0.25) is 9.59 Å². The molecule has 0 aliphatic heterocycles. The van der Waals surface area contributed by atoms with E-state index < -0.39 is 23.6 Å². The highest BCUT2D eigenvalue weighted by atomic mass is 35.5. The number of hydrogen-bond donors (Lipinski definition) is 1. The van der Waals surface area contributed by atoms with Crippen LogP contribution in [-0.4, -0.2) is 17.8 Å². The van der Waals surface area contributed by atoms with E-state index >= 15 is 0 Å². The number of carbonyl (C=O) groups excluding carboxylic acids is 2. The zero-order valence-electron chi connectivity index (χ0n) is 16.4. The maximum absolute atomic E-state index is 13.9. The number of anilines is 1. The van der Waals surface area contributed by atoms with Gasteiger partial charge in [-0.25, -0.2) is 4.39 Å². The Hall–Kier alpha value is -3.64. The molecule has 0 saturated heterocycles. The van der Waals surface area contributed by atoms with Crippen molar-refractivity contribution >= 4 is 39.9 Å². The van der Waals surface area contributed by atoms with Crippen LogP contribution in [0.1, 0.15) is 23.0 Å². The number of amides is 1. The van der Waals surface area contributed by atoms with Crippen molar-refractivity contribution in [2.24, 2.45) is 0 Å². The summed E-state index contributed by atoms with van der Waals surface area (Å²) in [6.45, 7) is 1.49. The molecule has 7 heteroatoms. The van der Waals surface area contributed by atoms with E-state index in [1.807, 2.05) is 0 Å². The molecule has 156 valence electrons. The van der Waals surface area contributed by atoms with Gasteiger partial charge in [-0.15, -0.1) is 0 Å². The van der Waals surface area contributed by atoms with Gasteiger partial charge < -0.3 is 14.5 Å². The Morgan fingerprint density at radius 1 is 1.00 bits per heavy atom. The van der Waals surface area contributed by atoms with Gasteiger partial charge in [0.25, 0.3) is 5.91 Å². The predicted octanol–water partition coefficient (Wildman–Crippen LogP) is 5.86. The van der Waals surface area contributed by atoms with E-state index in [2.05, 4.69) is 5.32 Å². The van der Waals surface area contributed by atoms with Gasteiger partial charge in [0.2, 0.25) is 5.78 Å². The van der Waals surface area contributed by atoms with Crippen LogP contribution in [0.3, 0.4) is 0 Å². The Morgan fingerprint density at radius 3 is 2.42 bits per heavy atom. The minimum absolute atomic E-state index is 0.0186. The number of fused-ring (bicyclic) bond motifs is 1. The van der Waals surface area contributed by atoms with Crippen molar-refractivity contribution < 1.29 is 23.1 Å². The van der Waals surface area contributed by atoms with Crippen molar-refractivity contribution in [2.75, 3.05) is 5.32 Å². The average molecular weight is 438 g/mol. The molecule has 3 aromatic carbocycles. The highest BCUT2D eigenvalue weighted by Gasteiger charge is 2.25. The molecular formula is C24H17ClFNO4. The topological polar surface area (TPSA) is 68.5 Å². The van der Waals surface area contributed by atoms with E-state index in [9.17, 15) is 14.0 Å². The number of para-hydroxylation sites is 2. The van der Waals surface area contributed by atoms with Crippen LogP contribution in [0, 0.1) is 5.82 Å². The Bertz CT molecular complexity index is 1270. The molecule has 0 aliphatic rings. The normalized spacial score (nSPS) is 11.8. The third kappa shape index (κ3) is 4.29. The summed E-state index contributed by atoms with van der Waals surface area (Å²) in [5.41, 5.74) is 1.02. The Kier molecular flexibility index (Phi) is 5.73. The summed E-state index contributed by atoms with van der Waals surface area (Å²) < 4.78 is 25.1. The Morgan fingerprint density at radius 2 is 1.68 bits per heavy atom. The Labute approximate surface area is 182 Å². The highest BCUT2D eigenvalue weighted by Crippen LogP contribution is 2.33. The Balaban J connectivity index is 1.65. The van der Waals surface area contributed by atoms with Gasteiger partial charge >= 0.3 is 0 Å². The van der Waals surface area contributed by atoms with Crippen molar-refractivity contribution in [1.29, 1.82) is 0 Å². The number of benzene rings is 3. The number of ketones is 1. The van der Waals surface area contributed by atoms with Gasteiger partial charge in [-0.05, 0) is 55.5 Å². The molecule has 0 spiro atoms. The maximum atomic E-state index is 13.9. The molecule has 1 N–H and O–H groups in total. The first-order valence-corrected chi connectivity index (χ1v) is 9.85. The third-order valence-corrected chi connectivity index (χ3v) is 4.92. The minimum Gasteiger partial charge on any atom is -0.478 e. The number of halogens is 2. The second-order valence-corrected chi connectivity index (χ2v) is 7.25. The van der Waals surface area contributed by atoms with E-state index in [1.165, 1.54) is 25.1 Å². The molecule has 1 amide bonds. The van der Waals surface area contributed by atoms with Crippen LogP contribution in [0.4, 0.5) is 10.1 Å². The molecule has 1 heterocycles. The SMILES string of the molecule is C[C@@H](Oc1ccccc1F)C(=O)Nc1c(C(=O)c2ccc(Cl)cc2)oc2ccccc12. The van der Waals surface area contributed by atoms with Gasteiger partial charge in [-0.1, -0.05) is 35.9 Å². The number of rotatable bonds is 6. The number of ether oxygens (including phenoxy) is 1. The summed E-state index contributed by atoms with van der Waals surface area (Å²) >= 11 is 5.91. The summed E-state index contributed by atoms with van der Waals surface area (Å²) in [5, 5.41) is 3.76. The van der Waals surface area contributed by atoms with Gasteiger partial charge in [0, 0.05) is 16.0 Å². The van der Waals surface area contributed by atoms with Crippen LogP contribution in [0.2, 0.25) is 5.02 Å². The zero-order chi connectivity index (χ0) is 22.0.